The topological polar surface area (TPSA) is 17.8 Å². The van der Waals surface area contributed by atoms with E-state index < -0.39 is 0 Å². The Labute approximate surface area is 134 Å². The predicted octanol–water partition coefficient (Wildman–Crippen LogP) is 4.83. The van der Waals surface area contributed by atoms with Gasteiger partial charge in [0.15, 0.2) is 0 Å². The molecule has 4 heteroatoms. The van der Waals surface area contributed by atoms with Crippen LogP contribution in [0.4, 0.5) is 0 Å². The molecule has 1 heterocycles. The zero-order valence-corrected chi connectivity index (χ0v) is 13.3. The lowest BCUT2D eigenvalue weighted by Crippen LogP contribution is -2.05. The highest BCUT2D eigenvalue weighted by atomic mass is 35.5. The molecule has 3 rings (SSSR count). The number of fused-ring (bicyclic) bond motifs is 1. The molecule has 0 aliphatic carbocycles. The fraction of sp³-hybridized carbons (Fsp3) is 0.235. The van der Waals surface area contributed by atoms with Gasteiger partial charge < -0.3 is 4.57 Å². The third kappa shape index (κ3) is 3.07. The predicted molar refractivity (Wildman–Crippen MR) is 89.4 cm³/mol. The first-order valence-electron chi connectivity index (χ1n) is 6.93. The molecule has 1 aromatic heterocycles. The number of hydrogen-bond acceptors (Lipinski definition) is 1. The molecule has 0 atom stereocenters. The monoisotopic (exact) mass is 318 g/mol. The second-order valence-corrected chi connectivity index (χ2v) is 5.99. The third-order valence-electron chi connectivity index (χ3n) is 3.55. The largest absolute Gasteiger partial charge is 0.323 e. The smallest absolute Gasteiger partial charge is 0.111 e. The molecule has 2 aromatic carbocycles. The van der Waals surface area contributed by atoms with Gasteiger partial charge >= 0.3 is 0 Å². The zero-order chi connectivity index (χ0) is 14.8. The summed E-state index contributed by atoms with van der Waals surface area (Å²) in [7, 11) is 0. The van der Waals surface area contributed by atoms with E-state index in [2.05, 4.69) is 29.7 Å². The van der Waals surface area contributed by atoms with Crippen molar-refractivity contribution in [2.24, 2.45) is 0 Å². The average molecular weight is 319 g/mol. The van der Waals surface area contributed by atoms with E-state index in [0.29, 0.717) is 5.88 Å². The van der Waals surface area contributed by atoms with Crippen LogP contribution in [0.25, 0.3) is 11.0 Å². The van der Waals surface area contributed by atoms with Crippen molar-refractivity contribution in [3.05, 3.63) is 64.4 Å². The van der Waals surface area contributed by atoms with Gasteiger partial charge in [0.2, 0.25) is 0 Å². The van der Waals surface area contributed by atoms with Gasteiger partial charge in [-0.3, -0.25) is 0 Å². The Morgan fingerprint density at radius 1 is 1.10 bits per heavy atom. The fourth-order valence-corrected chi connectivity index (χ4v) is 2.81. The maximum Gasteiger partial charge on any atom is 0.111 e. The number of imidazole rings is 1. The van der Waals surface area contributed by atoms with Crippen LogP contribution >= 0.6 is 23.2 Å². The number of aromatic nitrogens is 2. The highest BCUT2D eigenvalue weighted by molar-refractivity contribution is 6.30. The first kappa shape index (κ1) is 14.4. The molecule has 0 N–H and O–H groups in total. The number of aryl methyl sites for hydroxylation is 2. The van der Waals surface area contributed by atoms with Crippen molar-refractivity contribution in [1.29, 1.82) is 0 Å². The summed E-state index contributed by atoms with van der Waals surface area (Å²) in [5.41, 5.74) is 4.60. The van der Waals surface area contributed by atoms with Gasteiger partial charge in [0.05, 0.1) is 11.0 Å². The van der Waals surface area contributed by atoms with Crippen molar-refractivity contribution in [2.75, 3.05) is 5.88 Å². The highest BCUT2D eigenvalue weighted by Crippen LogP contribution is 2.21. The van der Waals surface area contributed by atoms with E-state index in [1.807, 2.05) is 24.3 Å². The molecule has 21 heavy (non-hydrogen) atoms. The van der Waals surface area contributed by atoms with Crippen LogP contribution in [0.5, 0.6) is 0 Å². The molecule has 0 spiro atoms. The van der Waals surface area contributed by atoms with E-state index >= 15 is 0 Å². The molecule has 0 radical (unpaired) electrons. The molecule has 0 amide bonds. The minimum Gasteiger partial charge on any atom is -0.323 e. The number of benzene rings is 2. The summed E-state index contributed by atoms with van der Waals surface area (Å²) >= 11 is 11.9. The molecule has 2 nitrogen and oxygen atoms in total. The Morgan fingerprint density at radius 2 is 1.86 bits per heavy atom. The van der Waals surface area contributed by atoms with Crippen molar-refractivity contribution < 1.29 is 0 Å². The van der Waals surface area contributed by atoms with Crippen LogP contribution in [-0.4, -0.2) is 15.4 Å². The summed E-state index contributed by atoms with van der Waals surface area (Å²) < 4.78 is 2.24. The summed E-state index contributed by atoms with van der Waals surface area (Å²) in [6.45, 7) is 2.86. The van der Waals surface area contributed by atoms with Crippen molar-refractivity contribution in [3.8, 4) is 0 Å². The number of nitrogens with zero attached hydrogens (tertiary/aromatic N) is 2. The van der Waals surface area contributed by atoms with Gasteiger partial charge in [-0.1, -0.05) is 29.8 Å². The first-order valence-corrected chi connectivity index (χ1v) is 7.85. The zero-order valence-electron chi connectivity index (χ0n) is 11.8. The Kier molecular flexibility index (Phi) is 4.18. The van der Waals surface area contributed by atoms with E-state index in [0.717, 1.165) is 34.8 Å². The standard InChI is InChI=1S/C17H16Cl2N2/c1-12-2-7-16-15(10-12)20-17(8-9-18)21(16)11-13-3-5-14(19)6-4-13/h2-7,10H,8-9,11H2,1H3. The van der Waals surface area contributed by atoms with Crippen LogP contribution in [0.15, 0.2) is 42.5 Å². The van der Waals surface area contributed by atoms with Crippen molar-refractivity contribution in [3.63, 3.8) is 0 Å². The number of halogens is 2. The van der Waals surface area contributed by atoms with E-state index in [9.17, 15) is 0 Å². The minimum absolute atomic E-state index is 0.572. The van der Waals surface area contributed by atoms with Gasteiger partial charge in [0.1, 0.15) is 5.82 Å². The maximum absolute atomic E-state index is 5.95. The van der Waals surface area contributed by atoms with Crippen molar-refractivity contribution in [2.45, 2.75) is 19.9 Å². The quantitative estimate of drug-likeness (QED) is 0.630. The summed E-state index contributed by atoms with van der Waals surface area (Å²) in [6.07, 6.45) is 0.767. The molecule has 0 fully saturated rings. The van der Waals surface area contributed by atoms with Crippen LogP contribution in [0.2, 0.25) is 5.02 Å². The molecular weight excluding hydrogens is 303 g/mol. The molecule has 0 aliphatic heterocycles. The number of rotatable bonds is 4. The lowest BCUT2D eigenvalue weighted by atomic mass is 10.2. The summed E-state index contributed by atoms with van der Waals surface area (Å²) in [4.78, 5) is 4.73. The molecule has 3 aromatic rings. The normalized spacial score (nSPS) is 11.2. The van der Waals surface area contributed by atoms with Gasteiger partial charge in [-0.2, -0.15) is 0 Å². The molecule has 0 saturated carbocycles. The third-order valence-corrected chi connectivity index (χ3v) is 4.00. The molecular formula is C17H16Cl2N2. The van der Waals surface area contributed by atoms with Gasteiger partial charge in [-0.15, -0.1) is 11.6 Å². The number of alkyl halides is 1. The summed E-state index contributed by atoms with van der Waals surface area (Å²) in [6, 6.07) is 14.3. The average Bonchev–Trinajstić information content (AvgIpc) is 2.79. The Balaban J connectivity index is 2.06. The van der Waals surface area contributed by atoms with Crippen molar-refractivity contribution >= 4 is 34.2 Å². The van der Waals surface area contributed by atoms with E-state index in [-0.39, 0.29) is 0 Å². The van der Waals surface area contributed by atoms with Crippen LogP contribution < -0.4 is 0 Å². The fourth-order valence-electron chi connectivity index (χ4n) is 2.51. The highest BCUT2D eigenvalue weighted by Gasteiger charge is 2.11. The molecule has 0 unspecified atom stereocenters. The van der Waals surface area contributed by atoms with Gasteiger partial charge in [-0.05, 0) is 42.3 Å². The summed E-state index contributed by atoms with van der Waals surface area (Å²) in [5, 5.41) is 0.755. The molecule has 0 bridgehead atoms. The maximum atomic E-state index is 5.95. The van der Waals surface area contributed by atoms with Crippen molar-refractivity contribution in [1.82, 2.24) is 9.55 Å². The van der Waals surface area contributed by atoms with Crippen LogP contribution in [-0.2, 0) is 13.0 Å². The second kappa shape index (κ2) is 6.08. The first-order chi connectivity index (χ1) is 10.2. The van der Waals surface area contributed by atoms with Gasteiger partial charge in [0.25, 0.3) is 0 Å². The van der Waals surface area contributed by atoms with Crippen LogP contribution in [0.1, 0.15) is 17.0 Å². The Hall–Kier alpha value is -1.51. The number of hydrogen-bond donors (Lipinski definition) is 0. The molecule has 0 saturated heterocycles. The van der Waals surface area contributed by atoms with Crippen LogP contribution in [0, 0.1) is 6.92 Å². The summed E-state index contributed by atoms with van der Waals surface area (Å²) in [5.74, 6) is 1.60. The second-order valence-electron chi connectivity index (χ2n) is 5.17. The lowest BCUT2D eigenvalue weighted by molar-refractivity contribution is 0.754. The van der Waals surface area contributed by atoms with E-state index in [4.69, 9.17) is 28.2 Å². The SMILES string of the molecule is Cc1ccc2c(c1)nc(CCCl)n2Cc1ccc(Cl)cc1. The molecule has 0 aliphatic rings. The van der Waals surface area contributed by atoms with Gasteiger partial charge in [-0.25, -0.2) is 4.98 Å². The van der Waals surface area contributed by atoms with Crippen LogP contribution in [0.3, 0.4) is 0 Å². The Morgan fingerprint density at radius 3 is 2.57 bits per heavy atom. The molecule has 108 valence electrons. The lowest BCUT2D eigenvalue weighted by Gasteiger charge is -2.09. The Bertz CT molecular complexity index is 760. The van der Waals surface area contributed by atoms with E-state index in [1.165, 1.54) is 11.1 Å². The minimum atomic E-state index is 0.572. The van der Waals surface area contributed by atoms with E-state index in [1.54, 1.807) is 0 Å². The van der Waals surface area contributed by atoms with Gasteiger partial charge in [0, 0.05) is 23.9 Å².